The number of aryl methyl sites for hydroxylation is 1. The first-order chi connectivity index (χ1) is 10.0. The molecule has 0 aromatic heterocycles. The highest BCUT2D eigenvalue weighted by Crippen LogP contribution is 2.32. The highest BCUT2D eigenvalue weighted by Gasteiger charge is 2.17. The number of benzene rings is 2. The van der Waals surface area contributed by atoms with Crippen LogP contribution < -0.4 is 5.32 Å². The Morgan fingerprint density at radius 3 is 2.57 bits per heavy atom. The summed E-state index contributed by atoms with van der Waals surface area (Å²) in [5.74, 6) is 0. The van der Waals surface area contributed by atoms with E-state index >= 15 is 0 Å². The monoisotopic (exact) mass is 429 g/mol. The average molecular weight is 432 g/mol. The maximum atomic E-state index is 6.24. The topological polar surface area (TPSA) is 12.0 Å². The Hall–Kier alpha value is -0.350. The molecule has 1 nitrogen and oxygen atoms in total. The summed E-state index contributed by atoms with van der Waals surface area (Å²) < 4.78 is 2.17. The van der Waals surface area contributed by atoms with Crippen molar-refractivity contribution >= 4 is 43.5 Å². The van der Waals surface area contributed by atoms with E-state index in [-0.39, 0.29) is 6.04 Å². The van der Waals surface area contributed by atoms with Crippen LogP contribution in [0.2, 0.25) is 5.02 Å². The van der Waals surface area contributed by atoms with Crippen LogP contribution in [-0.4, -0.2) is 6.54 Å². The molecule has 1 atom stereocenters. The number of nitrogens with one attached hydrogen (secondary N) is 1. The minimum Gasteiger partial charge on any atom is -0.306 e. The number of hydrogen-bond donors (Lipinski definition) is 1. The first-order valence-corrected chi connectivity index (χ1v) is 8.93. The van der Waals surface area contributed by atoms with Gasteiger partial charge in [0.2, 0.25) is 0 Å². The Kier molecular flexibility index (Phi) is 6.30. The van der Waals surface area contributed by atoms with Crippen molar-refractivity contribution in [1.29, 1.82) is 0 Å². The van der Waals surface area contributed by atoms with E-state index in [4.69, 9.17) is 11.6 Å². The summed E-state index contributed by atoms with van der Waals surface area (Å²) in [4.78, 5) is 0. The lowest BCUT2D eigenvalue weighted by atomic mass is 9.97. The zero-order valence-electron chi connectivity index (χ0n) is 12.1. The SMILES string of the molecule is CCCNC(c1cc(C)cc(Cl)c1)c1cc(Br)ccc1Br. The van der Waals surface area contributed by atoms with E-state index < -0.39 is 0 Å². The van der Waals surface area contributed by atoms with Crippen molar-refractivity contribution in [1.82, 2.24) is 5.32 Å². The molecule has 2 aromatic rings. The third kappa shape index (κ3) is 4.56. The van der Waals surface area contributed by atoms with Crippen molar-refractivity contribution in [3.05, 3.63) is 67.1 Å². The zero-order chi connectivity index (χ0) is 15.4. The van der Waals surface area contributed by atoms with E-state index in [9.17, 15) is 0 Å². The average Bonchev–Trinajstić information content (AvgIpc) is 2.42. The standard InChI is InChI=1S/C17H18Br2ClN/c1-3-6-21-17(12-7-11(2)8-14(20)9-12)15-10-13(18)4-5-16(15)19/h4-5,7-10,17,21H,3,6H2,1-2H3. The van der Waals surface area contributed by atoms with Crippen LogP contribution in [0, 0.1) is 6.92 Å². The molecule has 2 aromatic carbocycles. The molecule has 0 radical (unpaired) electrons. The van der Waals surface area contributed by atoms with Gasteiger partial charge in [0.15, 0.2) is 0 Å². The van der Waals surface area contributed by atoms with Crippen LogP contribution in [0.4, 0.5) is 0 Å². The van der Waals surface area contributed by atoms with Gasteiger partial charge in [-0.25, -0.2) is 0 Å². The lowest BCUT2D eigenvalue weighted by molar-refractivity contribution is 0.596. The third-order valence-corrected chi connectivity index (χ3v) is 4.70. The first-order valence-electron chi connectivity index (χ1n) is 6.96. The van der Waals surface area contributed by atoms with Crippen molar-refractivity contribution in [2.75, 3.05) is 6.54 Å². The van der Waals surface area contributed by atoms with Crippen molar-refractivity contribution in [2.45, 2.75) is 26.3 Å². The quantitative estimate of drug-likeness (QED) is 0.589. The van der Waals surface area contributed by atoms with E-state index in [1.165, 1.54) is 16.7 Å². The summed E-state index contributed by atoms with van der Waals surface area (Å²) in [6.45, 7) is 5.20. The zero-order valence-corrected chi connectivity index (χ0v) is 16.0. The van der Waals surface area contributed by atoms with Crippen molar-refractivity contribution in [3.63, 3.8) is 0 Å². The maximum Gasteiger partial charge on any atom is 0.0588 e. The lowest BCUT2D eigenvalue weighted by Crippen LogP contribution is -2.23. The largest absolute Gasteiger partial charge is 0.306 e. The van der Waals surface area contributed by atoms with Gasteiger partial charge in [0.25, 0.3) is 0 Å². The highest BCUT2D eigenvalue weighted by molar-refractivity contribution is 9.11. The molecule has 2 rings (SSSR count). The molecule has 21 heavy (non-hydrogen) atoms. The van der Waals surface area contributed by atoms with Crippen LogP contribution in [0.1, 0.15) is 36.1 Å². The van der Waals surface area contributed by atoms with Gasteiger partial charge in [0.1, 0.15) is 0 Å². The normalized spacial score (nSPS) is 12.4. The van der Waals surface area contributed by atoms with E-state index in [0.717, 1.165) is 26.9 Å². The van der Waals surface area contributed by atoms with Gasteiger partial charge in [-0.2, -0.15) is 0 Å². The lowest BCUT2D eigenvalue weighted by Gasteiger charge is -2.22. The predicted molar refractivity (Wildman–Crippen MR) is 98.2 cm³/mol. The molecular weight excluding hydrogens is 413 g/mol. The minimum atomic E-state index is 0.120. The van der Waals surface area contributed by atoms with E-state index in [2.05, 4.69) is 69.2 Å². The van der Waals surface area contributed by atoms with Gasteiger partial charge in [-0.1, -0.05) is 56.5 Å². The molecule has 1 unspecified atom stereocenters. The molecule has 4 heteroatoms. The van der Waals surface area contributed by atoms with Crippen LogP contribution in [0.15, 0.2) is 45.3 Å². The predicted octanol–water partition coefficient (Wildman–Crippen LogP) is 6.26. The Morgan fingerprint density at radius 1 is 1.14 bits per heavy atom. The van der Waals surface area contributed by atoms with Crippen molar-refractivity contribution < 1.29 is 0 Å². The number of rotatable bonds is 5. The van der Waals surface area contributed by atoms with Gasteiger partial charge < -0.3 is 5.32 Å². The molecule has 0 amide bonds. The number of halogens is 3. The van der Waals surface area contributed by atoms with Gasteiger partial charge in [0, 0.05) is 14.0 Å². The van der Waals surface area contributed by atoms with Crippen LogP contribution in [-0.2, 0) is 0 Å². The fourth-order valence-corrected chi connectivity index (χ4v) is 3.52. The Labute approximate surface area is 148 Å². The molecule has 0 fully saturated rings. The Balaban J connectivity index is 2.49. The Bertz CT molecular complexity index is 608. The molecule has 0 spiro atoms. The first kappa shape index (κ1) is 17.0. The summed E-state index contributed by atoms with van der Waals surface area (Å²) in [6, 6.07) is 12.6. The fraction of sp³-hybridized carbons (Fsp3) is 0.294. The minimum absolute atomic E-state index is 0.120. The second-order valence-electron chi connectivity index (χ2n) is 5.11. The second-order valence-corrected chi connectivity index (χ2v) is 7.32. The Morgan fingerprint density at radius 2 is 1.90 bits per heavy atom. The molecule has 0 aliphatic rings. The molecule has 0 aliphatic heterocycles. The van der Waals surface area contributed by atoms with E-state index in [1.54, 1.807) is 0 Å². The van der Waals surface area contributed by atoms with Crippen LogP contribution in [0.3, 0.4) is 0 Å². The smallest absolute Gasteiger partial charge is 0.0588 e. The van der Waals surface area contributed by atoms with Gasteiger partial charge in [-0.05, 0) is 66.9 Å². The van der Waals surface area contributed by atoms with Crippen molar-refractivity contribution in [2.24, 2.45) is 0 Å². The van der Waals surface area contributed by atoms with E-state index in [1.807, 2.05) is 18.2 Å². The summed E-state index contributed by atoms with van der Waals surface area (Å²) in [6.07, 6.45) is 1.08. The molecular formula is C17H18Br2ClN. The van der Waals surface area contributed by atoms with Gasteiger partial charge >= 0.3 is 0 Å². The summed E-state index contributed by atoms with van der Waals surface area (Å²) in [5.41, 5.74) is 3.57. The van der Waals surface area contributed by atoms with Gasteiger partial charge in [0.05, 0.1) is 6.04 Å². The molecule has 0 heterocycles. The third-order valence-electron chi connectivity index (χ3n) is 3.27. The summed E-state index contributed by atoms with van der Waals surface area (Å²) in [7, 11) is 0. The molecule has 112 valence electrons. The highest BCUT2D eigenvalue weighted by atomic mass is 79.9. The molecule has 1 N–H and O–H groups in total. The molecule has 0 saturated heterocycles. The van der Waals surface area contributed by atoms with Crippen LogP contribution in [0.25, 0.3) is 0 Å². The van der Waals surface area contributed by atoms with Gasteiger partial charge in [-0.15, -0.1) is 0 Å². The second kappa shape index (κ2) is 7.77. The van der Waals surface area contributed by atoms with Crippen molar-refractivity contribution in [3.8, 4) is 0 Å². The summed E-state index contributed by atoms with van der Waals surface area (Å²) in [5, 5.41) is 4.39. The van der Waals surface area contributed by atoms with Crippen LogP contribution in [0.5, 0.6) is 0 Å². The molecule has 0 saturated carbocycles. The summed E-state index contributed by atoms with van der Waals surface area (Å²) >= 11 is 13.5. The fourth-order valence-electron chi connectivity index (χ4n) is 2.36. The van der Waals surface area contributed by atoms with E-state index in [0.29, 0.717) is 0 Å². The molecule has 0 aliphatic carbocycles. The van der Waals surface area contributed by atoms with Crippen LogP contribution >= 0.6 is 43.5 Å². The molecule has 0 bridgehead atoms. The maximum absolute atomic E-state index is 6.24. The van der Waals surface area contributed by atoms with Gasteiger partial charge in [-0.3, -0.25) is 0 Å². The number of hydrogen-bond acceptors (Lipinski definition) is 1.